The third-order valence-electron chi connectivity index (χ3n) is 4.20. The number of amides is 1. The standard InChI is InChI=1S/C19H13F3N4O2S/c1-9-13-14(23)15(29-18(13)26-16(24-9)12-7-4-8-28-12)17(27)25-11-6-3-2-5-10(11)19(20,21)22/h2-8H,23H2,1H3,(H,25,27). The maximum Gasteiger partial charge on any atom is 0.418 e. The maximum absolute atomic E-state index is 13.2. The van der Waals surface area contributed by atoms with Crippen molar-refractivity contribution in [2.45, 2.75) is 13.1 Å². The van der Waals surface area contributed by atoms with Crippen LogP contribution in [0, 0.1) is 6.92 Å². The van der Waals surface area contributed by atoms with Gasteiger partial charge in [-0.15, -0.1) is 11.3 Å². The molecule has 0 atom stereocenters. The second-order valence-corrected chi connectivity index (χ2v) is 7.13. The first kappa shape index (κ1) is 18.9. The molecule has 1 aromatic carbocycles. The van der Waals surface area contributed by atoms with Crippen LogP contribution in [-0.4, -0.2) is 15.9 Å². The molecule has 6 nitrogen and oxygen atoms in total. The summed E-state index contributed by atoms with van der Waals surface area (Å²) in [5.41, 5.74) is 5.48. The summed E-state index contributed by atoms with van der Waals surface area (Å²) in [5, 5.41) is 2.79. The van der Waals surface area contributed by atoms with Crippen molar-refractivity contribution in [1.29, 1.82) is 0 Å². The number of nitrogens with one attached hydrogen (secondary N) is 1. The minimum atomic E-state index is -4.60. The molecule has 3 aromatic heterocycles. The number of alkyl halides is 3. The Kier molecular flexibility index (Phi) is 4.50. The lowest BCUT2D eigenvalue weighted by Crippen LogP contribution is -2.16. The Labute approximate surface area is 166 Å². The number of hydrogen-bond acceptors (Lipinski definition) is 6. The monoisotopic (exact) mass is 418 g/mol. The Bertz CT molecular complexity index is 1220. The van der Waals surface area contributed by atoms with E-state index in [1.54, 1.807) is 19.1 Å². The van der Waals surface area contributed by atoms with Crippen LogP contribution >= 0.6 is 11.3 Å². The number of carbonyl (C=O) groups is 1. The van der Waals surface area contributed by atoms with Gasteiger partial charge in [0.25, 0.3) is 5.91 Å². The molecule has 3 heterocycles. The number of para-hydroxylation sites is 1. The van der Waals surface area contributed by atoms with Crippen LogP contribution in [0.3, 0.4) is 0 Å². The van der Waals surface area contributed by atoms with Gasteiger partial charge in [-0.05, 0) is 31.2 Å². The van der Waals surface area contributed by atoms with E-state index in [9.17, 15) is 18.0 Å². The van der Waals surface area contributed by atoms with E-state index in [1.807, 2.05) is 0 Å². The molecule has 148 valence electrons. The van der Waals surface area contributed by atoms with Gasteiger partial charge in [-0.25, -0.2) is 9.97 Å². The van der Waals surface area contributed by atoms with Gasteiger partial charge in [-0.3, -0.25) is 4.79 Å². The number of thiophene rings is 1. The summed E-state index contributed by atoms with van der Waals surface area (Å²) in [6.45, 7) is 1.71. The summed E-state index contributed by atoms with van der Waals surface area (Å²) in [7, 11) is 0. The number of anilines is 2. The van der Waals surface area contributed by atoms with E-state index in [2.05, 4.69) is 15.3 Å². The fourth-order valence-corrected chi connectivity index (χ4v) is 3.94. The van der Waals surface area contributed by atoms with Gasteiger partial charge in [0.2, 0.25) is 0 Å². The number of nitrogen functional groups attached to an aromatic ring is 1. The molecule has 4 rings (SSSR count). The third kappa shape index (κ3) is 3.42. The minimum absolute atomic E-state index is 0.0611. The van der Waals surface area contributed by atoms with Crippen molar-refractivity contribution < 1.29 is 22.4 Å². The van der Waals surface area contributed by atoms with Gasteiger partial charge in [0.05, 0.1) is 34.3 Å². The number of carbonyl (C=O) groups excluding carboxylic acids is 1. The van der Waals surface area contributed by atoms with Gasteiger partial charge < -0.3 is 15.5 Å². The molecule has 0 radical (unpaired) electrons. The number of fused-ring (bicyclic) bond motifs is 1. The topological polar surface area (TPSA) is 94.0 Å². The Morgan fingerprint density at radius 1 is 1.17 bits per heavy atom. The van der Waals surface area contributed by atoms with Crippen molar-refractivity contribution in [2.24, 2.45) is 0 Å². The number of furan rings is 1. The summed E-state index contributed by atoms with van der Waals surface area (Å²) in [6, 6.07) is 8.13. The Hall–Kier alpha value is -3.40. The molecule has 1 amide bonds. The number of benzene rings is 1. The quantitative estimate of drug-likeness (QED) is 0.482. The van der Waals surface area contributed by atoms with Crippen LogP contribution in [0.4, 0.5) is 24.5 Å². The van der Waals surface area contributed by atoms with Gasteiger partial charge in [-0.2, -0.15) is 13.2 Å². The SMILES string of the molecule is Cc1nc(-c2ccco2)nc2sc(C(=O)Nc3ccccc3C(F)(F)F)c(N)c12. The second kappa shape index (κ2) is 6.89. The van der Waals surface area contributed by atoms with Crippen LogP contribution in [0.1, 0.15) is 20.9 Å². The van der Waals surface area contributed by atoms with E-state index in [-0.39, 0.29) is 16.3 Å². The smallest absolute Gasteiger partial charge is 0.418 e. The number of nitrogens with zero attached hydrogens (tertiary/aromatic N) is 2. The molecule has 0 saturated carbocycles. The first-order chi connectivity index (χ1) is 13.8. The van der Waals surface area contributed by atoms with Gasteiger partial charge >= 0.3 is 6.18 Å². The molecule has 0 fully saturated rings. The van der Waals surface area contributed by atoms with Crippen molar-refractivity contribution >= 4 is 38.8 Å². The Morgan fingerprint density at radius 2 is 1.93 bits per heavy atom. The molecule has 0 aliphatic heterocycles. The normalized spacial score (nSPS) is 11.7. The first-order valence-electron chi connectivity index (χ1n) is 8.33. The van der Waals surface area contributed by atoms with Crippen LogP contribution in [0.25, 0.3) is 21.8 Å². The summed E-state index contributed by atoms with van der Waals surface area (Å²) in [4.78, 5) is 21.9. The molecule has 0 saturated heterocycles. The molecular formula is C19H13F3N4O2S. The highest BCUT2D eigenvalue weighted by atomic mass is 32.1. The predicted octanol–water partition coefficient (Wildman–Crippen LogP) is 5.11. The highest BCUT2D eigenvalue weighted by Gasteiger charge is 2.34. The summed E-state index contributed by atoms with van der Waals surface area (Å²) >= 11 is 0.979. The molecule has 29 heavy (non-hydrogen) atoms. The Balaban J connectivity index is 1.74. The Morgan fingerprint density at radius 3 is 2.62 bits per heavy atom. The molecular weight excluding hydrogens is 405 g/mol. The largest absolute Gasteiger partial charge is 0.461 e. The van der Waals surface area contributed by atoms with E-state index in [0.29, 0.717) is 27.5 Å². The third-order valence-corrected chi connectivity index (χ3v) is 5.30. The lowest BCUT2D eigenvalue weighted by atomic mass is 10.1. The average Bonchev–Trinajstić information content (AvgIpc) is 3.29. The van der Waals surface area contributed by atoms with Gasteiger partial charge in [-0.1, -0.05) is 12.1 Å². The van der Waals surface area contributed by atoms with Crippen LogP contribution < -0.4 is 11.1 Å². The fourth-order valence-electron chi connectivity index (χ4n) is 2.90. The number of nitrogens with two attached hydrogens (primary N) is 1. The molecule has 10 heteroatoms. The van der Waals surface area contributed by atoms with Crippen LogP contribution in [0.5, 0.6) is 0 Å². The zero-order valence-electron chi connectivity index (χ0n) is 14.9. The maximum atomic E-state index is 13.2. The fraction of sp³-hybridized carbons (Fsp3) is 0.105. The van der Waals surface area contributed by atoms with Gasteiger partial charge in [0.1, 0.15) is 9.71 Å². The van der Waals surface area contributed by atoms with Crippen molar-refractivity contribution in [2.75, 3.05) is 11.1 Å². The lowest BCUT2D eigenvalue weighted by molar-refractivity contribution is -0.136. The van der Waals surface area contributed by atoms with Crippen LogP contribution in [0.2, 0.25) is 0 Å². The van der Waals surface area contributed by atoms with Crippen LogP contribution in [-0.2, 0) is 6.18 Å². The number of aromatic nitrogens is 2. The van der Waals surface area contributed by atoms with E-state index in [4.69, 9.17) is 10.2 Å². The lowest BCUT2D eigenvalue weighted by Gasteiger charge is -2.13. The molecule has 0 unspecified atom stereocenters. The second-order valence-electron chi connectivity index (χ2n) is 6.13. The summed E-state index contributed by atoms with van der Waals surface area (Å²) < 4.78 is 44.8. The molecule has 3 N–H and O–H groups in total. The van der Waals surface area contributed by atoms with Crippen molar-refractivity contribution in [3.8, 4) is 11.6 Å². The molecule has 0 aliphatic rings. The highest BCUT2D eigenvalue weighted by Crippen LogP contribution is 2.38. The predicted molar refractivity (Wildman–Crippen MR) is 104 cm³/mol. The van der Waals surface area contributed by atoms with Crippen molar-refractivity contribution in [3.63, 3.8) is 0 Å². The molecule has 4 aromatic rings. The average molecular weight is 418 g/mol. The van der Waals surface area contributed by atoms with Crippen molar-refractivity contribution in [1.82, 2.24) is 9.97 Å². The number of aryl methyl sites for hydroxylation is 1. The summed E-state index contributed by atoms with van der Waals surface area (Å²) in [6.07, 6.45) is -3.12. The van der Waals surface area contributed by atoms with E-state index in [0.717, 1.165) is 17.4 Å². The summed E-state index contributed by atoms with van der Waals surface area (Å²) in [5.74, 6) is 0.0313. The van der Waals surface area contributed by atoms with Gasteiger partial charge in [0.15, 0.2) is 11.6 Å². The zero-order chi connectivity index (χ0) is 20.8. The van der Waals surface area contributed by atoms with Crippen molar-refractivity contribution in [3.05, 3.63) is 58.8 Å². The first-order valence-corrected chi connectivity index (χ1v) is 9.15. The van der Waals surface area contributed by atoms with Gasteiger partial charge in [0, 0.05) is 0 Å². The van der Waals surface area contributed by atoms with E-state index < -0.39 is 17.6 Å². The molecule has 0 aliphatic carbocycles. The number of rotatable bonds is 3. The van der Waals surface area contributed by atoms with E-state index in [1.165, 1.54) is 24.5 Å². The minimum Gasteiger partial charge on any atom is -0.461 e. The number of halogens is 3. The molecule has 0 spiro atoms. The zero-order valence-corrected chi connectivity index (χ0v) is 15.7. The van der Waals surface area contributed by atoms with E-state index >= 15 is 0 Å². The molecule has 0 bridgehead atoms. The highest BCUT2D eigenvalue weighted by molar-refractivity contribution is 7.21. The number of hydrogen-bond donors (Lipinski definition) is 2. The van der Waals surface area contributed by atoms with Crippen LogP contribution in [0.15, 0.2) is 47.1 Å².